The van der Waals surface area contributed by atoms with Crippen LogP contribution in [0.3, 0.4) is 0 Å². The maximum Gasteiger partial charge on any atom is 0.243 e. The molecule has 0 fully saturated rings. The molecule has 35 heavy (non-hydrogen) atoms. The predicted molar refractivity (Wildman–Crippen MR) is 135 cm³/mol. The second kappa shape index (κ2) is 11.7. The van der Waals surface area contributed by atoms with Gasteiger partial charge in [0.25, 0.3) is 0 Å². The van der Waals surface area contributed by atoms with Gasteiger partial charge in [0.15, 0.2) is 11.5 Å². The van der Waals surface area contributed by atoms with Crippen LogP contribution < -0.4 is 19.1 Å². The summed E-state index contributed by atoms with van der Waals surface area (Å²) in [5, 5.41) is 0. The van der Waals surface area contributed by atoms with Gasteiger partial charge in [-0.3, -0.25) is 4.79 Å². The molecule has 0 bridgehead atoms. The largest absolute Gasteiger partial charge is 0.497 e. The predicted octanol–water partition coefficient (Wildman–Crippen LogP) is 3.61. The van der Waals surface area contributed by atoms with Gasteiger partial charge < -0.3 is 19.1 Å². The van der Waals surface area contributed by atoms with Crippen LogP contribution in [-0.4, -0.2) is 60.1 Å². The number of rotatable bonds is 11. The summed E-state index contributed by atoms with van der Waals surface area (Å²) in [4.78, 5) is 14.6. The number of hydrogen-bond donors (Lipinski definition) is 0. The lowest BCUT2D eigenvalue weighted by molar-refractivity contribution is -0.118. The molecule has 0 aromatic heterocycles. The molecule has 0 spiro atoms. The quantitative estimate of drug-likeness (QED) is 0.402. The third kappa shape index (κ3) is 6.32. The van der Waals surface area contributed by atoms with E-state index in [9.17, 15) is 13.2 Å². The van der Waals surface area contributed by atoms with Gasteiger partial charge in [-0.2, -0.15) is 4.31 Å². The summed E-state index contributed by atoms with van der Waals surface area (Å²) in [5.74, 6) is 0.920. The van der Waals surface area contributed by atoms with Crippen molar-refractivity contribution in [1.82, 2.24) is 4.31 Å². The number of hydrogen-bond acceptors (Lipinski definition) is 6. The maximum absolute atomic E-state index is 13.7. The molecule has 0 radical (unpaired) electrons. The van der Waals surface area contributed by atoms with E-state index in [1.807, 2.05) is 30.3 Å². The molecule has 3 aromatic rings. The number of methoxy groups -OCH3 is 3. The van der Waals surface area contributed by atoms with Gasteiger partial charge in [0, 0.05) is 31.4 Å². The van der Waals surface area contributed by atoms with Crippen molar-refractivity contribution in [3.63, 3.8) is 0 Å². The van der Waals surface area contributed by atoms with E-state index in [4.69, 9.17) is 14.2 Å². The first-order valence-corrected chi connectivity index (χ1v) is 12.4. The van der Waals surface area contributed by atoms with E-state index in [1.165, 1.54) is 41.6 Å². The minimum Gasteiger partial charge on any atom is -0.497 e. The number of likely N-dealkylation sites (N-methyl/N-ethyl adjacent to an activating group) is 1. The van der Waals surface area contributed by atoms with E-state index >= 15 is 0 Å². The molecule has 0 unspecified atom stereocenters. The second-order valence-electron chi connectivity index (χ2n) is 7.75. The van der Waals surface area contributed by atoms with E-state index in [0.29, 0.717) is 23.6 Å². The zero-order chi connectivity index (χ0) is 25.4. The monoisotopic (exact) mass is 498 g/mol. The van der Waals surface area contributed by atoms with Crippen molar-refractivity contribution in [3.05, 3.63) is 78.4 Å². The third-order valence-electron chi connectivity index (χ3n) is 5.61. The molecular formula is C26H30N2O6S. The van der Waals surface area contributed by atoms with Gasteiger partial charge in [-0.1, -0.05) is 36.4 Å². The van der Waals surface area contributed by atoms with Crippen LogP contribution in [0.25, 0.3) is 0 Å². The van der Waals surface area contributed by atoms with Crippen LogP contribution in [0.1, 0.15) is 5.56 Å². The first-order valence-electron chi connectivity index (χ1n) is 11.0. The fourth-order valence-corrected chi connectivity index (χ4v) is 4.93. The summed E-state index contributed by atoms with van der Waals surface area (Å²) in [6.45, 7) is -0.213. The van der Waals surface area contributed by atoms with Gasteiger partial charge in [0.1, 0.15) is 5.75 Å². The Hall–Kier alpha value is -3.56. The molecule has 0 atom stereocenters. The average Bonchev–Trinajstić information content (AvgIpc) is 2.90. The lowest BCUT2D eigenvalue weighted by Crippen LogP contribution is -2.42. The SMILES string of the molecule is COc1cccc(N(C)C(=O)CN(CCc2ccccc2)S(=O)(=O)c2ccc(OC)c(OC)c2)c1. The van der Waals surface area contributed by atoms with Crippen molar-refractivity contribution in [2.24, 2.45) is 0 Å². The fourth-order valence-electron chi connectivity index (χ4n) is 3.53. The minimum atomic E-state index is -4.03. The van der Waals surface area contributed by atoms with E-state index < -0.39 is 10.0 Å². The molecule has 0 saturated heterocycles. The van der Waals surface area contributed by atoms with Crippen LogP contribution in [0.2, 0.25) is 0 Å². The Morgan fingerprint density at radius 2 is 1.54 bits per heavy atom. The number of amides is 1. The highest BCUT2D eigenvalue weighted by atomic mass is 32.2. The van der Waals surface area contributed by atoms with Gasteiger partial charge in [0.2, 0.25) is 15.9 Å². The summed E-state index contributed by atoms with van der Waals surface area (Å²) in [6.07, 6.45) is 0.448. The summed E-state index contributed by atoms with van der Waals surface area (Å²) in [5.41, 5.74) is 1.56. The lowest BCUT2D eigenvalue weighted by Gasteiger charge is -2.25. The minimum absolute atomic E-state index is 0.0139. The number of carbonyl (C=O) groups is 1. The topological polar surface area (TPSA) is 85.4 Å². The molecule has 0 saturated carbocycles. The lowest BCUT2D eigenvalue weighted by atomic mass is 10.1. The number of ether oxygens (including phenoxy) is 3. The standard InChI is InChI=1S/C26H30N2O6S/c1-27(21-11-8-12-22(17-21)32-2)26(29)19-28(16-15-20-9-6-5-7-10-20)35(30,31)23-13-14-24(33-3)25(18-23)34-4/h5-14,17-18H,15-16,19H2,1-4H3. The second-order valence-corrected chi connectivity index (χ2v) is 9.68. The first-order chi connectivity index (χ1) is 16.8. The van der Waals surface area contributed by atoms with Crippen molar-refractivity contribution in [2.75, 3.05) is 46.4 Å². The zero-order valence-corrected chi connectivity index (χ0v) is 21.1. The highest BCUT2D eigenvalue weighted by Gasteiger charge is 2.29. The van der Waals surface area contributed by atoms with Crippen molar-refractivity contribution in [2.45, 2.75) is 11.3 Å². The van der Waals surface area contributed by atoms with Gasteiger partial charge in [-0.15, -0.1) is 0 Å². The van der Waals surface area contributed by atoms with E-state index in [2.05, 4.69) is 0 Å². The van der Waals surface area contributed by atoms with Crippen molar-refractivity contribution in [1.29, 1.82) is 0 Å². The van der Waals surface area contributed by atoms with Crippen LogP contribution in [0.5, 0.6) is 17.2 Å². The zero-order valence-electron chi connectivity index (χ0n) is 20.3. The molecule has 3 rings (SSSR count). The van der Waals surface area contributed by atoms with Crippen molar-refractivity contribution >= 4 is 21.6 Å². The number of benzene rings is 3. The average molecular weight is 499 g/mol. The number of sulfonamides is 1. The maximum atomic E-state index is 13.7. The van der Waals surface area contributed by atoms with Gasteiger partial charge >= 0.3 is 0 Å². The summed E-state index contributed by atoms with van der Waals surface area (Å²) in [7, 11) is 2.04. The fraction of sp³-hybridized carbons (Fsp3) is 0.269. The Bertz CT molecular complexity index is 1250. The van der Waals surface area contributed by atoms with Crippen LogP contribution in [0.4, 0.5) is 5.69 Å². The first kappa shape index (κ1) is 26.1. The molecule has 9 heteroatoms. The number of carbonyl (C=O) groups excluding carboxylic acids is 1. The van der Waals surface area contributed by atoms with E-state index in [-0.39, 0.29) is 29.6 Å². The molecule has 0 N–H and O–H groups in total. The Morgan fingerprint density at radius 3 is 2.20 bits per heavy atom. The van der Waals surface area contributed by atoms with Crippen molar-refractivity contribution < 1.29 is 27.4 Å². The van der Waals surface area contributed by atoms with Crippen LogP contribution in [0, 0.1) is 0 Å². The number of anilines is 1. The normalized spacial score (nSPS) is 11.2. The van der Waals surface area contributed by atoms with Crippen molar-refractivity contribution in [3.8, 4) is 17.2 Å². The summed E-state index contributed by atoms with van der Waals surface area (Å²) < 4.78 is 44.3. The highest BCUT2D eigenvalue weighted by molar-refractivity contribution is 7.89. The Balaban J connectivity index is 1.91. The van der Waals surface area contributed by atoms with Crippen LogP contribution >= 0.6 is 0 Å². The molecule has 0 heterocycles. The van der Waals surface area contributed by atoms with E-state index in [0.717, 1.165) is 5.56 Å². The summed E-state index contributed by atoms with van der Waals surface area (Å²) >= 11 is 0. The highest BCUT2D eigenvalue weighted by Crippen LogP contribution is 2.31. The summed E-state index contributed by atoms with van der Waals surface area (Å²) in [6, 6.07) is 20.9. The van der Waals surface area contributed by atoms with Crippen LogP contribution in [-0.2, 0) is 21.2 Å². The molecule has 0 aliphatic rings. The Kier molecular flexibility index (Phi) is 8.73. The molecular weight excluding hydrogens is 468 g/mol. The third-order valence-corrected chi connectivity index (χ3v) is 7.45. The van der Waals surface area contributed by atoms with Gasteiger partial charge in [-0.25, -0.2) is 8.42 Å². The molecule has 1 amide bonds. The molecule has 186 valence electrons. The van der Waals surface area contributed by atoms with Crippen LogP contribution in [0.15, 0.2) is 77.7 Å². The molecule has 0 aliphatic carbocycles. The van der Waals surface area contributed by atoms with E-state index in [1.54, 1.807) is 38.4 Å². The number of nitrogens with zero attached hydrogens (tertiary/aromatic N) is 2. The Morgan fingerprint density at radius 1 is 0.829 bits per heavy atom. The Labute approximate surface area is 206 Å². The molecule has 0 aliphatic heterocycles. The van der Waals surface area contributed by atoms with Gasteiger partial charge in [-0.05, 0) is 36.2 Å². The van der Waals surface area contributed by atoms with Gasteiger partial charge in [0.05, 0.1) is 32.8 Å². The smallest absolute Gasteiger partial charge is 0.243 e. The molecule has 3 aromatic carbocycles. The molecule has 8 nitrogen and oxygen atoms in total.